The van der Waals surface area contributed by atoms with Crippen molar-refractivity contribution in [3.63, 3.8) is 0 Å². The summed E-state index contributed by atoms with van der Waals surface area (Å²) in [4.78, 5) is 14.9. The average Bonchev–Trinajstić information content (AvgIpc) is 2.43. The molecule has 0 N–H and O–H groups in total. The Morgan fingerprint density at radius 2 is 1.95 bits per heavy atom. The highest BCUT2D eigenvalue weighted by Crippen LogP contribution is 2.34. The number of carbonyl (C=O) groups excluding carboxylic acids is 1. The summed E-state index contributed by atoms with van der Waals surface area (Å²) in [6, 6.07) is 4.82. The van der Waals surface area contributed by atoms with E-state index in [-0.39, 0.29) is 17.1 Å². The molecule has 0 aromatic heterocycles. The predicted molar refractivity (Wildman–Crippen MR) is 82.3 cm³/mol. The molecule has 1 aromatic carbocycles. The maximum absolute atomic E-state index is 13.3. The summed E-state index contributed by atoms with van der Waals surface area (Å²) < 4.78 is 13.7. The van der Waals surface area contributed by atoms with Crippen LogP contribution < -0.4 is 0 Å². The van der Waals surface area contributed by atoms with Crippen LogP contribution in [-0.4, -0.2) is 30.3 Å². The lowest BCUT2D eigenvalue weighted by molar-refractivity contribution is -0.131. The van der Waals surface area contributed by atoms with Crippen LogP contribution in [0.5, 0.6) is 0 Å². The molecule has 0 amide bonds. The second-order valence-electron chi connectivity index (χ2n) is 5.84. The fraction of sp³-hybridized carbons (Fsp3) is 0.562. The molecule has 0 unspecified atom stereocenters. The van der Waals surface area contributed by atoms with Crippen LogP contribution in [0.25, 0.3) is 0 Å². The highest BCUT2D eigenvalue weighted by Gasteiger charge is 2.40. The summed E-state index contributed by atoms with van der Waals surface area (Å²) in [5, 5.41) is 0. The van der Waals surface area contributed by atoms with Gasteiger partial charge < -0.3 is 0 Å². The molecule has 1 aliphatic carbocycles. The Labute approximate surface area is 128 Å². The molecule has 110 valence electrons. The Balaban J connectivity index is 2.18. The van der Waals surface area contributed by atoms with E-state index in [1.54, 1.807) is 12.1 Å². The standard InChI is InChI=1S/C16H21BrFNO/c1-19(2)16(8-4-3-5-9-16)15(20)11-12-6-7-14(18)13(17)10-12/h6-7,10H,3-5,8-9,11H2,1-2H3. The van der Waals surface area contributed by atoms with Gasteiger partial charge in [-0.15, -0.1) is 0 Å². The zero-order valence-corrected chi connectivity index (χ0v) is 13.7. The number of benzene rings is 1. The molecule has 4 heteroatoms. The van der Waals surface area contributed by atoms with Crippen molar-refractivity contribution in [2.45, 2.75) is 44.1 Å². The fourth-order valence-electron chi connectivity index (χ4n) is 3.11. The summed E-state index contributed by atoms with van der Waals surface area (Å²) in [7, 11) is 3.98. The first-order chi connectivity index (χ1) is 9.45. The van der Waals surface area contributed by atoms with Crippen molar-refractivity contribution in [2.24, 2.45) is 0 Å². The third-order valence-electron chi connectivity index (χ3n) is 4.40. The van der Waals surface area contributed by atoms with Crippen LogP contribution in [0.3, 0.4) is 0 Å². The number of carbonyl (C=O) groups is 1. The highest BCUT2D eigenvalue weighted by molar-refractivity contribution is 9.10. The average molecular weight is 342 g/mol. The summed E-state index contributed by atoms with van der Waals surface area (Å²) in [5.74, 6) is -0.0399. The number of halogens is 2. The molecule has 0 spiro atoms. The minimum atomic E-state index is -0.334. The zero-order chi connectivity index (χ0) is 14.8. The van der Waals surface area contributed by atoms with Crippen molar-refractivity contribution < 1.29 is 9.18 Å². The van der Waals surface area contributed by atoms with Crippen molar-refractivity contribution >= 4 is 21.7 Å². The molecule has 0 aliphatic heterocycles. The molecule has 0 bridgehead atoms. The zero-order valence-electron chi connectivity index (χ0n) is 12.1. The number of rotatable bonds is 4. The van der Waals surface area contributed by atoms with E-state index in [1.807, 2.05) is 14.1 Å². The minimum absolute atomic E-state index is 0.251. The Morgan fingerprint density at radius 1 is 1.30 bits per heavy atom. The molecule has 1 saturated carbocycles. The first-order valence-corrected chi connectivity index (χ1v) is 7.90. The van der Waals surface area contributed by atoms with Crippen molar-refractivity contribution in [1.29, 1.82) is 0 Å². The Hall–Kier alpha value is -0.740. The van der Waals surface area contributed by atoms with Crippen LogP contribution in [0, 0.1) is 5.82 Å². The SMILES string of the molecule is CN(C)C1(C(=O)Cc2ccc(F)c(Br)c2)CCCCC1. The smallest absolute Gasteiger partial charge is 0.157 e. The molecule has 0 atom stereocenters. The molecular formula is C16H21BrFNO. The molecule has 2 nitrogen and oxygen atoms in total. The minimum Gasteiger partial charge on any atom is -0.297 e. The largest absolute Gasteiger partial charge is 0.297 e. The second kappa shape index (κ2) is 6.35. The maximum Gasteiger partial charge on any atom is 0.157 e. The van der Waals surface area contributed by atoms with Gasteiger partial charge in [-0.05, 0) is 60.6 Å². The van der Waals surface area contributed by atoms with E-state index >= 15 is 0 Å². The third kappa shape index (κ3) is 3.12. The maximum atomic E-state index is 13.3. The summed E-state index contributed by atoms with van der Waals surface area (Å²) in [6.45, 7) is 0. The number of Topliss-reactive ketones (excluding diaryl/α,β-unsaturated/α-hetero) is 1. The van der Waals surface area contributed by atoms with Gasteiger partial charge in [0, 0.05) is 6.42 Å². The van der Waals surface area contributed by atoms with Crippen LogP contribution in [0.2, 0.25) is 0 Å². The van der Waals surface area contributed by atoms with E-state index in [0.29, 0.717) is 10.9 Å². The highest BCUT2D eigenvalue weighted by atomic mass is 79.9. The van der Waals surface area contributed by atoms with E-state index in [9.17, 15) is 9.18 Å². The molecule has 1 fully saturated rings. The molecule has 0 saturated heterocycles. The van der Waals surface area contributed by atoms with Crippen LogP contribution in [-0.2, 0) is 11.2 Å². The Kier molecular flexibility index (Phi) is 4.97. The van der Waals surface area contributed by atoms with Crippen molar-refractivity contribution in [2.75, 3.05) is 14.1 Å². The van der Waals surface area contributed by atoms with Gasteiger partial charge in [0.15, 0.2) is 5.78 Å². The second-order valence-corrected chi connectivity index (χ2v) is 6.69. The van der Waals surface area contributed by atoms with Gasteiger partial charge in [-0.25, -0.2) is 4.39 Å². The van der Waals surface area contributed by atoms with Gasteiger partial charge >= 0.3 is 0 Å². The molecule has 0 heterocycles. The van der Waals surface area contributed by atoms with Crippen molar-refractivity contribution in [3.05, 3.63) is 34.1 Å². The van der Waals surface area contributed by atoms with E-state index in [1.165, 1.54) is 12.5 Å². The van der Waals surface area contributed by atoms with Gasteiger partial charge in [-0.2, -0.15) is 0 Å². The van der Waals surface area contributed by atoms with Crippen LogP contribution in [0.15, 0.2) is 22.7 Å². The lowest BCUT2D eigenvalue weighted by Crippen LogP contribution is -2.53. The van der Waals surface area contributed by atoms with Gasteiger partial charge in [0.05, 0.1) is 10.0 Å². The van der Waals surface area contributed by atoms with Crippen LogP contribution in [0.1, 0.15) is 37.7 Å². The topological polar surface area (TPSA) is 20.3 Å². The summed E-state index contributed by atoms with van der Waals surface area (Å²) in [5.41, 5.74) is 0.536. The predicted octanol–water partition coefficient (Wildman–Crippen LogP) is 3.96. The van der Waals surface area contributed by atoms with Crippen LogP contribution >= 0.6 is 15.9 Å². The normalized spacial score (nSPS) is 18.2. The summed E-state index contributed by atoms with van der Waals surface area (Å²) >= 11 is 3.18. The first-order valence-electron chi connectivity index (χ1n) is 7.10. The van der Waals surface area contributed by atoms with Gasteiger partial charge in [0.25, 0.3) is 0 Å². The molecule has 20 heavy (non-hydrogen) atoms. The van der Waals surface area contributed by atoms with E-state index < -0.39 is 0 Å². The van der Waals surface area contributed by atoms with E-state index in [2.05, 4.69) is 20.8 Å². The third-order valence-corrected chi connectivity index (χ3v) is 5.01. The number of likely N-dealkylation sites (N-methyl/N-ethyl adjacent to an activating group) is 1. The number of nitrogens with zero attached hydrogens (tertiary/aromatic N) is 1. The molecule has 2 rings (SSSR count). The Bertz CT molecular complexity index is 495. The van der Waals surface area contributed by atoms with Crippen molar-refractivity contribution in [1.82, 2.24) is 4.90 Å². The van der Waals surface area contributed by atoms with Gasteiger partial charge in [-0.3, -0.25) is 9.69 Å². The molecule has 1 aromatic rings. The van der Waals surface area contributed by atoms with Gasteiger partial charge in [0.1, 0.15) is 5.82 Å². The fourth-order valence-corrected chi connectivity index (χ4v) is 3.54. The lowest BCUT2D eigenvalue weighted by Gasteiger charge is -2.41. The van der Waals surface area contributed by atoms with E-state index in [4.69, 9.17) is 0 Å². The summed E-state index contributed by atoms with van der Waals surface area (Å²) in [6.07, 6.45) is 5.67. The molecule has 0 radical (unpaired) electrons. The molecule has 1 aliphatic rings. The monoisotopic (exact) mass is 341 g/mol. The first kappa shape index (κ1) is 15.6. The lowest BCUT2D eigenvalue weighted by atomic mass is 9.76. The van der Waals surface area contributed by atoms with Crippen molar-refractivity contribution in [3.8, 4) is 0 Å². The Morgan fingerprint density at radius 3 is 2.50 bits per heavy atom. The quantitative estimate of drug-likeness (QED) is 0.825. The van der Waals surface area contributed by atoms with Gasteiger partial charge in [-0.1, -0.05) is 25.3 Å². The van der Waals surface area contributed by atoms with Gasteiger partial charge in [0.2, 0.25) is 0 Å². The number of ketones is 1. The number of hydrogen-bond acceptors (Lipinski definition) is 2. The van der Waals surface area contributed by atoms with E-state index in [0.717, 1.165) is 31.2 Å². The molecular weight excluding hydrogens is 321 g/mol. The van der Waals surface area contributed by atoms with Crippen LogP contribution in [0.4, 0.5) is 4.39 Å². The number of hydrogen-bond donors (Lipinski definition) is 0.